The zero-order valence-electron chi connectivity index (χ0n) is 45.6. The Bertz CT molecular complexity index is 1430. The van der Waals surface area contributed by atoms with Crippen molar-refractivity contribution in [2.45, 2.75) is 313 Å². The summed E-state index contributed by atoms with van der Waals surface area (Å²) >= 11 is 0. The molecule has 1 saturated heterocycles. The molecule has 1 fully saturated rings. The molecule has 0 radical (unpaired) electrons. The van der Waals surface area contributed by atoms with E-state index >= 15 is 0 Å². The Morgan fingerprint density at radius 2 is 0.931 bits per heavy atom. The molecule has 7 N–H and O–H groups in total. The van der Waals surface area contributed by atoms with Gasteiger partial charge < -0.3 is 40.3 Å². The highest BCUT2D eigenvalue weighted by molar-refractivity contribution is 7.80. The van der Waals surface area contributed by atoms with Gasteiger partial charge in [0, 0.05) is 0 Å². The van der Waals surface area contributed by atoms with Crippen molar-refractivity contribution in [2.75, 3.05) is 13.2 Å². The SMILES string of the molecule is CCCCCCCCCCCCCC/C=C\CCCCCCCCC(O)C(=O)NC(COC1OC(CO)C(O)C(OS(=O)(=O)O)C1O)C(O)/C=C/CC/C=C/CCCCCCCCCCCCCCCCC. The first-order chi connectivity index (χ1) is 34.9. The molecule has 1 aliphatic heterocycles. The summed E-state index contributed by atoms with van der Waals surface area (Å²) in [4.78, 5) is 13.2. The van der Waals surface area contributed by atoms with Crippen LogP contribution in [0.15, 0.2) is 36.5 Å². The summed E-state index contributed by atoms with van der Waals surface area (Å²) in [6.07, 6.45) is 48.0. The van der Waals surface area contributed by atoms with Gasteiger partial charge in [-0.3, -0.25) is 9.35 Å². The summed E-state index contributed by atoms with van der Waals surface area (Å²) in [6, 6.07) is -1.14. The predicted molar refractivity (Wildman–Crippen MR) is 293 cm³/mol. The van der Waals surface area contributed by atoms with Gasteiger partial charge in [0.1, 0.15) is 30.5 Å². The van der Waals surface area contributed by atoms with E-state index in [1.807, 2.05) is 0 Å². The van der Waals surface area contributed by atoms with Crippen LogP contribution in [0.3, 0.4) is 0 Å². The zero-order chi connectivity index (χ0) is 52.8. The molecule has 0 saturated carbocycles. The molecule has 8 atom stereocenters. The lowest BCUT2D eigenvalue weighted by Gasteiger charge is -2.41. The van der Waals surface area contributed by atoms with Crippen molar-refractivity contribution >= 4 is 16.3 Å². The van der Waals surface area contributed by atoms with Crippen LogP contribution < -0.4 is 5.32 Å². The van der Waals surface area contributed by atoms with Crippen molar-refractivity contribution in [1.29, 1.82) is 0 Å². The Morgan fingerprint density at radius 1 is 0.556 bits per heavy atom. The van der Waals surface area contributed by atoms with E-state index in [-0.39, 0.29) is 6.42 Å². The molecule has 8 unspecified atom stereocenters. The molecule has 13 nitrogen and oxygen atoms in total. The second-order valence-electron chi connectivity index (χ2n) is 20.7. The van der Waals surface area contributed by atoms with E-state index in [1.165, 1.54) is 173 Å². The van der Waals surface area contributed by atoms with Crippen LogP contribution in [0.4, 0.5) is 0 Å². The number of allylic oxidation sites excluding steroid dienone is 5. The van der Waals surface area contributed by atoms with Crippen LogP contribution in [0.2, 0.25) is 0 Å². The topological polar surface area (TPSA) is 212 Å². The minimum absolute atomic E-state index is 0.230. The van der Waals surface area contributed by atoms with Crippen molar-refractivity contribution in [2.24, 2.45) is 0 Å². The van der Waals surface area contributed by atoms with E-state index in [0.717, 1.165) is 64.2 Å². The van der Waals surface area contributed by atoms with Gasteiger partial charge >= 0.3 is 10.4 Å². The lowest BCUT2D eigenvalue weighted by molar-refractivity contribution is -0.298. The smallest absolute Gasteiger partial charge is 0.394 e. The molecule has 0 bridgehead atoms. The maximum atomic E-state index is 13.2. The number of aliphatic hydroxyl groups is 5. The van der Waals surface area contributed by atoms with Crippen LogP contribution in [0.5, 0.6) is 0 Å². The second kappa shape index (κ2) is 47.7. The Morgan fingerprint density at radius 3 is 1.33 bits per heavy atom. The molecule has 0 aromatic carbocycles. The van der Waals surface area contributed by atoms with Gasteiger partial charge in [-0.05, 0) is 57.8 Å². The van der Waals surface area contributed by atoms with Gasteiger partial charge in [-0.2, -0.15) is 8.42 Å². The van der Waals surface area contributed by atoms with E-state index in [9.17, 15) is 43.3 Å². The number of hydrogen-bond acceptors (Lipinski definition) is 11. The number of rotatable bonds is 51. The van der Waals surface area contributed by atoms with Crippen molar-refractivity contribution in [1.82, 2.24) is 5.32 Å². The Hall–Kier alpha value is -1.72. The van der Waals surface area contributed by atoms with Gasteiger partial charge in [0.15, 0.2) is 6.29 Å². The van der Waals surface area contributed by atoms with Gasteiger partial charge in [-0.15, -0.1) is 0 Å². The summed E-state index contributed by atoms with van der Waals surface area (Å²) in [5, 5.41) is 55.5. The van der Waals surface area contributed by atoms with Gasteiger partial charge in [0.25, 0.3) is 0 Å². The summed E-state index contributed by atoms with van der Waals surface area (Å²) in [5.74, 6) is -0.713. The van der Waals surface area contributed by atoms with E-state index in [1.54, 1.807) is 6.08 Å². The molecule has 0 spiro atoms. The summed E-state index contributed by atoms with van der Waals surface area (Å²) in [5.41, 5.74) is 0. The van der Waals surface area contributed by atoms with Gasteiger partial charge in [0.05, 0.1) is 25.4 Å². The van der Waals surface area contributed by atoms with Crippen LogP contribution >= 0.6 is 0 Å². The second-order valence-corrected chi connectivity index (χ2v) is 21.8. The Labute approximate surface area is 439 Å². The van der Waals surface area contributed by atoms with E-state index in [2.05, 4.69) is 47.7 Å². The molecule has 0 aromatic heterocycles. The number of aliphatic hydroxyl groups excluding tert-OH is 5. The fourth-order valence-electron chi connectivity index (χ4n) is 9.36. The molecule has 1 aliphatic rings. The molecule has 72 heavy (non-hydrogen) atoms. The van der Waals surface area contributed by atoms with Crippen molar-refractivity contribution in [3.63, 3.8) is 0 Å². The maximum Gasteiger partial charge on any atom is 0.397 e. The number of carbonyl (C=O) groups is 1. The average Bonchev–Trinajstić information content (AvgIpc) is 3.36. The summed E-state index contributed by atoms with van der Waals surface area (Å²) < 4.78 is 47.8. The number of nitrogens with one attached hydrogen (secondary N) is 1. The third-order valence-electron chi connectivity index (χ3n) is 14.0. The van der Waals surface area contributed by atoms with Gasteiger partial charge in [0.2, 0.25) is 5.91 Å². The molecular formula is C58H109NO12S. The first kappa shape index (κ1) is 68.3. The maximum absolute atomic E-state index is 13.2. The number of amides is 1. The number of hydrogen-bond donors (Lipinski definition) is 7. The predicted octanol–water partition coefficient (Wildman–Crippen LogP) is 12.8. The molecule has 1 amide bonds. The first-order valence-electron chi connectivity index (χ1n) is 29.5. The average molecular weight is 1040 g/mol. The highest BCUT2D eigenvalue weighted by atomic mass is 32.3. The number of unbranched alkanes of at least 4 members (excludes halogenated alkanes) is 34. The van der Waals surface area contributed by atoms with E-state index in [0.29, 0.717) is 12.8 Å². The lowest BCUT2D eigenvalue weighted by atomic mass is 9.99. The first-order valence-corrected chi connectivity index (χ1v) is 30.8. The summed E-state index contributed by atoms with van der Waals surface area (Å²) in [6.45, 7) is 3.25. The molecular weight excluding hydrogens is 935 g/mol. The quantitative estimate of drug-likeness (QED) is 0.0172. The molecule has 1 heterocycles. The molecule has 14 heteroatoms. The monoisotopic (exact) mass is 1040 g/mol. The molecule has 0 aliphatic carbocycles. The Kier molecular flexibility index (Phi) is 45.3. The van der Waals surface area contributed by atoms with Crippen molar-refractivity contribution < 1.29 is 57.0 Å². The standard InChI is InChI=1S/C58H109NO12S/c1-3-5-7-9-11-13-15-17-19-21-23-25-27-29-31-33-35-37-39-41-43-45-47-52(62)57(65)59-50(49-69-58-55(64)56(71-72(66,67)68)54(63)53(48-60)70-58)51(61)46-44-42-40-38-36-34-32-30-28-26-24-22-20-18-16-14-12-10-8-6-4-2/h29,31,36,38,44,46,50-56,58,60-64H,3-28,30,32-35,37,39-43,45,47-49H2,1-2H3,(H,59,65)(H,66,67,68)/b31-29-,38-36+,46-44+. The zero-order valence-corrected chi connectivity index (χ0v) is 46.4. The van der Waals surface area contributed by atoms with Crippen molar-refractivity contribution in [3.8, 4) is 0 Å². The molecule has 1 rings (SSSR count). The van der Waals surface area contributed by atoms with Crippen LogP contribution in [0, 0.1) is 0 Å². The number of carbonyl (C=O) groups excluding carboxylic acids is 1. The minimum Gasteiger partial charge on any atom is -0.394 e. The highest BCUT2D eigenvalue weighted by Crippen LogP contribution is 2.26. The van der Waals surface area contributed by atoms with E-state index in [4.69, 9.17) is 9.47 Å². The van der Waals surface area contributed by atoms with Gasteiger partial charge in [-0.25, -0.2) is 4.18 Å². The molecule has 424 valence electrons. The van der Waals surface area contributed by atoms with Crippen LogP contribution in [-0.4, -0.2) is 107 Å². The van der Waals surface area contributed by atoms with Crippen LogP contribution in [-0.2, 0) is 28.9 Å². The van der Waals surface area contributed by atoms with Gasteiger partial charge in [-0.1, -0.05) is 243 Å². The minimum atomic E-state index is -5.13. The Balaban J connectivity index is 2.45. The van der Waals surface area contributed by atoms with Crippen LogP contribution in [0.1, 0.15) is 264 Å². The summed E-state index contributed by atoms with van der Waals surface area (Å²) in [7, 11) is -5.13. The third-order valence-corrected chi connectivity index (χ3v) is 14.5. The fourth-order valence-corrected chi connectivity index (χ4v) is 9.86. The molecule has 0 aromatic rings. The number of ether oxygens (including phenoxy) is 2. The largest absolute Gasteiger partial charge is 0.397 e. The van der Waals surface area contributed by atoms with Crippen LogP contribution in [0.25, 0.3) is 0 Å². The normalized spacial score (nSPS) is 20.0. The van der Waals surface area contributed by atoms with E-state index < -0.39 is 78.5 Å². The fraction of sp³-hybridized carbons (Fsp3) is 0.879. The third kappa shape index (κ3) is 38.8. The highest BCUT2D eigenvalue weighted by Gasteiger charge is 2.48. The lowest BCUT2D eigenvalue weighted by Crippen LogP contribution is -2.61. The van der Waals surface area contributed by atoms with Crippen molar-refractivity contribution in [3.05, 3.63) is 36.5 Å².